The van der Waals surface area contributed by atoms with Gasteiger partial charge in [0.1, 0.15) is 23.2 Å². The van der Waals surface area contributed by atoms with Crippen molar-refractivity contribution in [1.82, 2.24) is 9.88 Å². The largest absolute Gasteiger partial charge is 0.486 e. The van der Waals surface area contributed by atoms with Gasteiger partial charge in [0, 0.05) is 18.0 Å². The Bertz CT molecular complexity index is 878. The lowest BCUT2D eigenvalue weighted by Gasteiger charge is -2.24. The van der Waals surface area contributed by atoms with Gasteiger partial charge in [-0.15, -0.1) is 11.3 Å². The highest BCUT2D eigenvalue weighted by Crippen LogP contribution is 2.35. The Balaban J connectivity index is 1.35. The minimum atomic E-state index is -0.259. The molecule has 1 aliphatic carbocycles. The second-order valence-corrected chi connectivity index (χ2v) is 7.59. The highest BCUT2D eigenvalue weighted by molar-refractivity contribution is 7.09. The zero-order valence-electron chi connectivity index (χ0n) is 14.7. The first kappa shape index (κ1) is 17.2. The highest BCUT2D eigenvalue weighted by Gasteiger charge is 2.25. The average molecular weight is 368 g/mol. The van der Waals surface area contributed by atoms with Crippen LogP contribution in [-0.4, -0.2) is 16.9 Å². The summed E-state index contributed by atoms with van der Waals surface area (Å²) in [4.78, 5) is 7.07. The maximum absolute atomic E-state index is 12.9. The second-order valence-electron chi connectivity index (χ2n) is 6.64. The Morgan fingerprint density at radius 1 is 1.19 bits per heavy atom. The number of benzene rings is 2. The molecule has 1 aromatic heterocycles. The van der Waals surface area contributed by atoms with Crippen molar-refractivity contribution in [2.45, 2.75) is 32.0 Å². The fourth-order valence-corrected chi connectivity index (χ4v) is 4.22. The zero-order chi connectivity index (χ0) is 17.9. The van der Waals surface area contributed by atoms with Crippen LogP contribution in [0.25, 0.3) is 0 Å². The van der Waals surface area contributed by atoms with E-state index >= 15 is 0 Å². The predicted molar refractivity (Wildman–Crippen MR) is 102 cm³/mol. The Kier molecular flexibility index (Phi) is 5.00. The smallest absolute Gasteiger partial charge is 0.140 e. The third-order valence-corrected chi connectivity index (χ3v) is 5.69. The van der Waals surface area contributed by atoms with Crippen molar-refractivity contribution in [2.24, 2.45) is 0 Å². The van der Waals surface area contributed by atoms with Crippen LogP contribution in [0, 0.1) is 5.82 Å². The molecule has 26 heavy (non-hydrogen) atoms. The van der Waals surface area contributed by atoms with E-state index in [1.54, 1.807) is 23.5 Å². The van der Waals surface area contributed by atoms with Gasteiger partial charge in [-0.3, -0.25) is 4.90 Å². The molecule has 0 N–H and O–H groups in total. The minimum absolute atomic E-state index is 0.259. The van der Waals surface area contributed by atoms with E-state index in [1.807, 2.05) is 0 Å². The Labute approximate surface area is 157 Å². The van der Waals surface area contributed by atoms with Crippen molar-refractivity contribution >= 4 is 11.3 Å². The summed E-state index contributed by atoms with van der Waals surface area (Å²) in [6.45, 7) is 1.23. The van der Waals surface area contributed by atoms with Crippen LogP contribution < -0.4 is 4.74 Å². The third-order valence-electron chi connectivity index (χ3n) is 4.82. The summed E-state index contributed by atoms with van der Waals surface area (Å²) in [7, 11) is 2.17. The van der Waals surface area contributed by atoms with E-state index in [0.29, 0.717) is 18.4 Å². The van der Waals surface area contributed by atoms with E-state index in [2.05, 4.69) is 46.6 Å². The lowest BCUT2D eigenvalue weighted by atomic mass is 10.1. The number of hydrogen-bond donors (Lipinski definition) is 0. The first-order valence-corrected chi connectivity index (χ1v) is 9.67. The molecule has 3 aromatic rings. The van der Waals surface area contributed by atoms with Gasteiger partial charge in [0.25, 0.3) is 0 Å². The number of hydrogen-bond acceptors (Lipinski definition) is 4. The van der Waals surface area contributed by atoms with Crippen LogP contribution in [0.4, 0.5) is 4.39 Å². The lowest BCUT2D eigenvalue weighted by Crippen LogP contribution is -2.22. The van der Waals surface area contributed by atoms with E-state index in [9.17, 15) is 4.39 Å². The van der Waals surface area contributed by atoms with E-state index in [-0.39, 0.29) is 5.82 Å². The molecule has 2 aromatic carbocycles. The molecule has 0 radical (unpaired) electrons. The van der Waals surface area contributed by atoms with Gasteiger partial charge in [-0.2, -0.15) is 0 Å². The highest BCUT2D eigenvalue weighted by atomic mass is 32.1. The Morgan fingerprint density at radius 3 is 2.85 bits per heavy atom. The number of nitrogens with zero attached hydrogens (tertiary/aromatic N) is 2. The number of rotatable bonds is 6. The Hall–Kier alpha value is -2.24. The first-order chi connectivity index (χ1) is 12.7. The van der Waals surface area contributed by atoms with Gasteiger partial charge < -0.3 is 4.74 Å². The number of halogens is 1. The summed E-state index contributed by atoms with van der Waals surface area (Å²) >= 11 is 1.61. The molecule has 4 rings (SSSR count). The van der Waals surface area contributed by atoms with Crippen molar-refractivity contribution in [3.05, 3.63) is 81.6 Å². The van der Waals surface area contributed by atoms with Crippen LogP contribution in [0.2, 0.25) is 0 Å². The van der Waals surface area contributed by atoms with Gasteiger partial charge in [0.15, 0.2) is 0 Å². The molecular formula is C21H21FN2OS. The Morgan fingerprint density at radius 2 is 2.00 bits per heavy atom. The van der Waals surface area contributed by atoms with Gasteiger partial charge in [-0.05, 0) is 55.3 Å². The molecule has 0 aliphatic heterocycles. The molecule has 1 aliphatic rings. The topological polar surface area (TPSA) is 25.4 Å². The lowest BCUT2D eigenvalue weighted by molar-refractivity contribution is 0.233. The fraction of sp³-hybridized carbons (Fsp3) is 0.286. The number of ether oxygens (including phenoxy) is 1. The van der Waals surface area contributed by atoms with E-state index in [1.165, 1.54) is 29.7 Å². The molecular weight excluding hydrogens is 347 g/mol. The molecule has 0 fully saturated rings. The average Bonchev–Trinajstić information content (AvgIpc) is 3.28. The van der Waals surface area contributed by atoms with Crippen molar-refractivity contribution in [2.75, 3.05) is 7.05 Å². The summed E-state index contributed by atoms with van der Waals surface area (Å²) in [6, 6.07) is 15.3. The third kappa shape index (κ3) is 3.79. The van der Waals surface area contributed by atoms with Crippen LogP contribution in [-0.2, 0) is 19.6 Å². The summed E-state index contributed by atoms with van der Waals surface area (Å²) in [5.41, 5.74) is 3.99. The second kappa shape index (κ2) is 7.56. The monoisotopic (exact) mass is 368 g/mol. The van der Waals surface area contributed by atoms with E-state index in [0.717, 1.165) is 23.7 Å². The van der Waals surface area contributed by atoms with Crippen LogP contribution in [0.15, 0.2) is 53.9 Å². The minimum Gasteiger partial charge on any atom is -0.486 e. The van der Waals surface area contributed by atoms with Crippen molar-refractivity contribution in [3.8, 4) is 5.75 Å². The molecule has 134 valence electrons. The van der Waals surface area contributed by atoms with Gasteiger partial charge >= 0.3 is 0 Å². The van der Waals surface area contributed by atoms with Crippen LogP contribution in [0.1, 0.15) is 34.3 Å². The van der Waals surface area contributed by atoms with Crippen molar-refractivity contribution in [3.63, 3.8) is 0 Å². The molecule has 0 amide bonds. The zero-order valence-corrected chi connectivity index (χ0v) is 15.5. The van der Waals surface area contributed by atoms with E-state index < -0.39 is 0 Å². The van der Waals surface area contributed by atoms with Gasteiger partial charge in [-0.25, -0.2) is 9.37 Å². The quantitative estimate of drug-likeness (QED) is 0.613. The van der Waals surface area contributed by atoms with Gasteiger partial charge in [0.2, 0.25) is 0 Å². The van der Waals surface area contributed by atoms with Crippen molar-refractivity contribution < 1.29 is 9.13 Å². The van der Waals surface area contributed by atoms with Crippen molar-refractivity contribution in [1.29, 1.82) is 0 Å². The molecule has 0 saturated heterocycles. The molecule has 5 heteroatoms. The van der Waals surface area contributed by atoms with Crippen LogP contribution in [0.5, 0.6) is 5.75 Å². The summed E-state index contributed by atoms with van der Waals surface area (Å²) in [5, 5.41) is 3.03. The summed E-state index contributed by atoms with van der Waals surface area (Å²) < 4.78 is 18.6. The number of aryl methyl sites for hydroxylation is 1. The van der Waals surface area contributed by atoms with Crippen LogP contribution >= 0.6 is 11.3 Å². The number of fused-ring (bicyclic) bond motifs is 1. The number of thiazole rings is 1. The predicted octanol–water partition coefficient (Wildman–Crippen LogP) is 4.98. The summed E-state index contributed by atoms with van der Waals surface area (Å²) in [5.74, 6) is 0.397. The molecule has 0 saturated carbocycles. The van der Waals surface area contributed by atoms with E-state index in [4.69, 9.17) is 4.74 Å². The fourth-order valence-electron chi connectivity index (χ4n) is 3.52. The molecule has 3 nitrogen and oxygen atoms in total. The SMILES string of the molecule is CN(Cc1csc(COc2ccc(F)cc2)n1)C1CCc2ccccc21. The standard InChI is InChI=1S/C21H21FN2OS/c1-24(20-11-6-15-4-2-3-5-19(15)20)12-17-14-26-21(23-17)13-25-18-9-7-16(22)8-10-18/h2-5,7-10,14,20H,6,11-13H2,1H3. The first-order valence-electron chi connectivity index (χ1n) is 8.79. The van der Waals surface area contributed by atoms with Gasteiger partial charge in [-0.1, -0.05) is 24.3 Å². The summed E-state index contributed by atoms with van der Waals surface area (Å²) in [6.07, 6.45) is 2.32. The maximum Gasteiger partial charge on any atom is 0.140 e. The molecule has 1 unspecified atom stereocenters. The molecule has 0 bridgehead atoms. The van der Waals surface area contributed by atoms with Crippen LogP contribution in [0.3, 0.4) is 0 Å². The number of aromatic nitrogens is 1. The molecule has 1 heterocycles. The maximum atomic E-state index is 12.9. The molecule has 0 spiro atoms. The van der Waals surface area contributed by atoms with Gasteiger partial charge in [0.05, 0.1) is 5.69 Å². The molecule has 1 atom stereocenters. The normalized spacial score (nSPS) is 16.0.